The van der Waals surface area contributed by atoms with Crippen LogP contribution in [-0.4, -0.2) is 13.1 Å². The van der Waals surface area contributed by atoms with Gasteiger partial charge in [-0.15, -0.1) is 0 Å². The Morgan fingerprint density at radius 2 is 1.94 bits per heavy atom. The molecule has 0 spiro atoms. The minimum atomic E-state index is 0.601. The van der Waals surface area contributed by atoms with E-state index in [9.17, 15) is 0 Å². The van der Waals surface area contributed by atoms with Crippen LogP contribution in [-0.2, 0) is 6.54 Å². The Labute approximate surface area is 106 Å². The van der Waals surface area contributed by atoms with Gasteiger partial charge in [0.25, 0.3) is 0 Å². The third kappa shape index (κ3) is 3.25. The molecule has 4 heteroatoms. The molecule has 0 radical (unpaired) electrons. The molecule has 3 nitrogen and oxygen atoms in total. The number of hydrogen-bond acceptors (Lipinski definition) is 3. The summed E-state index contributed by atoms with van der Waals surface area (Å²) < 4.78 is 5.35. The maximum absolute atomic E-state index is 5.87. The molecule has 0 aliphatic rings. The lowest BCUT2D eigenvalue weighted by Crippen LogP contribution is -2.28. The molecule has 1 aromatic carbocycles. The Morgan fingerprint density at radius 1 is 1.18 bits per heavy atom. The largest absolute Gasteiger partial charge is 0.467 e. The van der Waals surface area contributed by atoms with Gasteiger partial charge in [-0.25, -0.2) is 0 Å². The molecule has 90 valence electrons. The molecule has 17 heavy (non-hydrogen) atoms. The first-order chi connectivity index (χ1) is 8.29. The van der Waals surface area contributed by atoms with Gasteiger partial charge in [0.05, 0.1) is 12.8 Å². The molecule has 0 atom stereocenters. The van der Waals surface area contributed by atoms with Crippen molar-refractivity contribution in [3.8, 4) is 0 Å². The highest BCUT2D eigenvalue weighted by Gasteiger charge is 2.08. The average molecular weight is 251 g/mol. The summed E-state index contributed by atoms with van der Waals surface area (Å²) in [5, 5.41) is 0.736. The van der Waals surface area contributed by atoms with E-state index in [4.69, 9.17) is 21.8 Å². The van der Waals surface area contributed by atoms with Crippen molar-refractivity contribution >= 4 is 17.3 Å². The number of anilines is 1. The molecule has 0 amide bonds. The maximum atomic E-state index is 5.87. The van der Waals surface area contributed by atoms with Crippen LogP contribution in [0, 0.1) is 0 Å². The van der Waals surface area contributed by atoms with Crippen molar-refractivity contribution in [1.29, 1.82) is 0 Å². The van der Waals surface area contributed by atoms with Gasteiger partial charge in [0.1, 0.15) is 5.76 Å². The summed E-state index contributed by atoms with van der Waals surface area (Å²) in [6, 6.07) is 11.6. The minimum Gasteiger partial charge on any atom is -0.467 e. The Kier molecular flexibility index (Phi) is 4.07. The fourth-order valence-corrected chi connectivity index (χ4v) is 1.82. The van der Waals surface area contributed by atoms with Gasteiger partial charge in [0.2, 0.25) is 0 Å². The third-order valence-corrected chi connectivity index (χ3v) is 2.77. The Hall–Kier alpha value is -1.45. The van der Waals surface area contributed by atoms with Gasteiger partial charge in [-0.1, -0.05) is 11.6 Å². The highest BCUT2D eigenvalue weighted by atomic mass is 35.5. The normalized spacial score (nSPS) is 10.5. The van der Waals surface area contributed by atoms with Crippen molar-refractivity contribution in [1.82, 2.24) is 0 Å². The van der Waals surface area contributed by atoms with E-state index in [2.05, 4.69) is 4.90 Å². The van der Waals surface area contributed by atoms with Gasteiger partial charge in [-0.3, -0.25) is 0 Å². The van der Waals surface area contributed by atoms with Crippen LogP contribution in [0.5, 0.6) is 0 Å². The summed E-state index contributed by atoms with van der Waals surface area (Å²) in [7, 11) is 0. The lowest BCUT2D eigenvalue weighted by molar-refractivity contribution is 0.502. The van der Waals surface area contributed by atoms with Gasteiger partial charge in [-0.05, 0) is 36.4 Å². The topological polar surface area (TPSA) is 42.4 Å². The second-order valence-corrected chi connectivity index (χ2v) is 4.20. The number of nitrogens with two attached hydrogens (primary N) is 1. The Bertz CT molecular complexity index is 439. The number of rotatable bonds is 5. The number of nitrogens with zero attached hydrogens (tertiary/aromatic N) is 1. The first-order valence-electron chi connectivity index (χ1n) is 5.52. The van der Waals surface area contributed by atoms with E-state index < -0.39 is 0 Å². The van der Waals surface area contributed by atoms with Crippen LogP contribution in [0.1, 0.15) is 5.76 Å². The zero-order valence-electron chi connectivity index (χ0n) is 9.47. The zero-order valence-corrected chi connectivity index (χ0v) is 10.2. The highest BCUT2D eigenvalue weighted by Crippen LogP contribution is 2.19. The van der Waals surface area contributed by atoms with E-state index in [0.717, 1.165) is 23.0 Å². The first-order valence-corrected chi connectivity index (χ1v) is 5.90. The summed E-state index contributed by atoms with van der Waals surface area (Å²) >= 11 is 5.87. The molecule has 0 bridgehead atoms. The number of halogens is 1. The molecule has 2 rings (SSSR count). The first kappa shape index (κ1) is 12.0. The van der Waals surface area contributed by atoms with Crippen LogP contribution < -0.4 is 10.6 Å². The van der Waals surface area contributed by atoms with Crippen molar-refractivity contribution in [2.24, 2.45) is 5.73 Å². The van der Waals surface area contributed by atoms with Crippen LogP contribution in [0.15, 0.2) is 47.1 Å². The van der Waals surface area contributed by atoms with Crippen molar-refractivity contribution in [2.45, 2.75) is 6.54 Å². The predicted molar refractivity (Wildman–Crippen MR) is 70.3 cm³/mol. The monoisotopic (exact) mass is 250 g/mol. The van der Waals surface area contributed by atoms with E-state index in [1.165, 1.54) is 0 Å². The third-order valence-electron chi connectivity index (χ3n) is 2.52. The summed E-state index contributed by atoms with van der Waals surface area (Å²) in [6.45, 7) is 2.09. The van der Waals surface area contributed by atoms with E-state index in [1.807, 2.05) is 36.4 Å². The fourth-order valence-electron chi connectivity index (χ4n) is 1.70. The summed E-state index contributed by atoms with van der Waals surface area (Å²) in [5.41, 5.74) is 6.72. The van der Waals surface area contributed by atoms with Crippen LogP contribution in [0.2, 0.25) is 5.02 Å². The van der Waals surface area contributed by atoms with E-state index in [0.29, 0.717) is 13.1 Å². The molecule has 1 aromatic heterocycles. The molecule has 0 fully saturated rings. The quantitative estimate of drug-likeness (QED) is 0.887. The maximum Gasteiger partial charge on any atom is 0.123 e. The summed E-state index contributed by atoms with van der Waals surface area (Å²) in [4.78, 5) is 2.16. The van der Waals surface area contributed by atoms with E-state index in [-0.39, 0.29) is 0 Å². The van der Waals surface area contributed by atoms with Crippen LogP contribution in [0.4, 0.5) is 5.69 Å². The van der Waals surface area contributed by atoms with Crippen LogP contribution in [0.25, 0.3) is 0 Å². The lowest BCUT2D eigenvalue weighted by Gasteiger charge is -2.23. The van der Waals surface area contributed by atoms with Gasteiger partial charge < -0.3 is 15.1 Å². The lowest BCUT2D eigenvalue weighted by atomic mass is 10.2. The number of furan rings is 1. The zero-order chi connectivity index (χ0) is 12.1. The van der Waals surface area contributed by atoms with Crippen molar-refractivity contribution in [3.63, 3.8) is 0 Å². The van der Waals surface area contributed by atoms with Crippen molar-refractivity contribution in [2.75, 3.05) is 18.0 Å². The second kappa shape index (κ2) is 5.75. The van der Waals surface area contributed by atoms with E-state index in [1.54, 1.807) is 6.26 Å². The molecule has 1 heterocycles. The predicted octanol–water partition coefficient (Wildman–Crippen LogP) is 2.90. The Balaban J connectivity index is 2.13. The smallest absolute Gasteiger partial charge is 0.123 e. The van der Waals surface area contributed by atoms with Gasteiger partial charge in [-0.2, -0.15) is 0 Å². The second-order valence-electron chi connectivity index (χ2n) is 3.77. The van der Waals surface area contributed by atoms with Gasteiger partial charge >= 0.3 is 0 Å². The number of hydrogen-bond donors (Lipinski definition) is 1. The molecule has 2 N–H and O–H groups in total. The highest BCUT2D eigenvalue weighted by molar-refractivity contribution is 6.30. The molecule has 0 aliphatic carbocycles. The van der Waals surface area contributed by atoms with Crippen molar-refractivity contribution < 1.29 is 4.42 Å². The number of benzene rings is 1. The molecule has 0 unspecified atom stereocenters. The van der Waals surface area contributed by atoms with Crippen molar-refractivity contribution in [3.05, 3.63) is 53.4 Å². The molecular weight excluding hydrogens is 236 g/mol. The average Bonchev–Trinajstić information content (AvgIpc) is 2.82. The molecule has 2 aromatic rings. The minimum absolute atomic E-state index is 0.601. The Morgan fingerprint density at radius 3 is 2.53 bits per heavy atom. The fraction of sp³-hybridized carbons (Fsp3) is 0.231. The van der Waals surface area contributed by atoms with E-state index >= 15 is 0 Å². The van der Waals surface area contributed by atoms with Gasteiger partial charge in [0, 0.05) is 23.8 Å². The van der Waals surface area contributed by atoms with Gasteiger partial charge in [0.15, 0.2) is 0 Å². The molecular formula is C13H15ClN2O. The van der Waals surface area contributed by atoms with Crippen LogP contribution >= 0.6 is 11.6 Å². The summed E-state index contributed by atoms with van der Waals surface area (Å²) in [6.07, 6.45) is 1.68. The van der Waals surface area contributed by atoms with Crippen LogP contribution in [0.3, 0.4) is 0 Å². The summed E-state index contributed by atoms with van der Waals surface area (Å²) in [5.74, 6) is 0.924. The molecule has 0 saturated heterocycles. The standard InChI is InChI=1S/C13H15ClN2O/c14-11-3-5-12(6-4-11)16(8-7-15)10-13-2-1-9-17-13/h1-6,9H,7-8,10,15H2. The molecule has 0 saturated carbocycles. The SMILES string of the molecule is NCCN(Cc1ccco1)c1ccc(Cl)cc1. The molecule has 0 aliphatic heterocycles.